The molecule has 36 heavy (non-hydrogen) atoms. The molecular formula is C32H50F2O2. The maximum absolute atomic E-state index is 14.9. The van der Waals surface area contributed by atoms with E-state index in [-0.39, 0.29) is 11.7 Å². The van der Waals surface area contributed by atoms with Crippen molar-refractivity contribution in [3.05, 3.63) is 34.9 Å². The Morgan fingerprint density at radius 1 is 0.833 bits per heavy atom. The number of halogens is 2. The Balaban J connectivity index is 1.44. The van der Waals surface area contributed by atoms with Crippen LogP contribution >= 0.6 is 0 Å². The minimum atomic E-state index is -1.05. The van der Waals surface area contributed by atoms with Gasteiger partial charge in [-0.3, -0.25) is 0 Å². The number of benzene rings is 1. The minimum absolute atomic E-state index is 0.236. The van der Waals surface area contributed by atoms with E-state index in [0.29, 0.717) is 24.3 Å². The molecule has 204 valence electrons. The summed E-state index contributed by atoms with van der Waals surface area (Å²) < 4.78 is 35.3. The zero-order valence-corrected chi connectivity index (χ0v) is 23.0. The number of ether oxygens (including phenoxy) is 1. The molecular weight excluding hydrogens is 454 g/mol. The van der Waals surface area contributed by atoms with Crippen molar-refractivity contribution in [2.24, 2.45) is 17.8 Å². The summed E-state index contributed by atoms with van der Waals surface area (Å²) in [4.78, 5) is 12.7. The van der Waals surface area contributed by atoms with Gasteiger partial charge in [0.15, 0.2) is 11.6 Å². The van der Waals surface area contributed by atoms with E-state index in [1.165, 1.54) is 96.0 Å². The van der Waals surface area contributed by atoms with E-state index in [2.05, 4.69) is 6.92 Å². The average molecular weight is 505 g/mol. The van der Waals surface area contributed by atoms with E-state index in [4.69, 9.17) is 4.74 Å². The van der Waals surface area contributed by atoms with Crippen molar-refractivity contribution >= 4 is 5.97 Å². The summed E-state index contributed by atoms with van der Waals surface area (Å²) in [5.41, 5.74) is 0.114. The number of unbranched alkanes of at least 4 members (excludes halogenated alkanes) is 2. The number of rotatable bonds is 14. The molecule has 1 aromatic rings. The fourth-order valence-electron chi connectivity index (χ4n) is 6.46. The topological polar surface area (TPSA) is 26.3 Å². The first-order valence-corrected chi connectivity index (χ1v) is 15.2. The summed E-state index contributed by atoms with van der Waals surface area (Å²) >= 11 is 0. The Kier molecular flexibility index (Phi) is 12.7. The van der Waals surface area contributed by atoms with E-state index in [0.717, 1.165) is 31.1 Å². The highest BCUT2D eigenvalue weighted by molar-refractivity contribution is 5.90. The Labute approximate surface area is 219 Å². The van der Waals surface area contributed by atoms with Gasteiger partial charge < -0.3 is 4.74 Å². The van der Waals surface area contributed by atoms with Crippen LogP contribution in [0.3, 0.4) is 0 Å². The lowest BCUT2D eigenvalue weighted by Gasteiger charge is -2.28. The number of hydrogen-bond donors (Lipinski definition) is 0. The summed E-state index contributed by atoms with van der Waals surface area (Å²) in [5, 5.41) is 0. The molecule has 0 aromatic heterocycles. The molecule has 0 amide bonds. The van der Waals surface area contributed by atoms with Crippen molar-refractivity contribution < 1.29 is 18.3 Å². The van der Waals surface area contributed by atoms with Crippen LogP contribution in [-0.2, 0) is 11.2 Å². The molecule has 0 heterocycles. The zero-order chi connectivity index (χ0) is 25.8. The lowest BCUT2D eigenvalue weighted by Crippen LogP contribution is -2.20. The average Bonchev–Trinajstić information content (AvgIpc) is 2.90. The highest BCUT2D eigenvalue weighted by Crippen LogP contribution is 2.35. The number of carbonyl (C=O) groups is 1. The first-order chi connectivity index (χ1) is 17.5. The van der Waals surface area contributed by atoms with Gasteiger partial charge in [0.25, 0.3) is 0 Å². The summed E-state index contributed by atoms with van der Waals surface area (Å²) in [5.74, 6) is -0.405. The molecule has 0 aliphatic heterocycles. The highest BCUT2D eigenvalue weighted by atomic mass is 19.2. The third kappa shape index (κ3) is 9.14. The van der Waals surface area contributed by atoms with Crippen LogP contribution in [0.15, 0.2) is 12.1 Å². The van der Waals surface area contributed by atoms with Crippen molar-refractivity contribution in [2.75, 3.05) is 0 Å². The van der Waals surface area contributed by atoms with Crippen molar-refractivity contribution in [2.45, 2.75) is 142 Å². The van der Waals surface area contributed by atoms with Crippen molar-refractivity contribution in [3.63, 3.8) is 0 Å². The van der Waals surface area contributed by atoms with E-state index < -0.39 is 17.6 Å². The number of carbonyl (C=O) groups excluding carboxylic acids is 1. The number of aryl methyl sites for hydroxylation is 1. The van der Waals surface area contributed by atoms with Gasteiger partial charge in [-0.05, 0) is 61.5 Å². The first-order valence-electron chi connectivity index (χ1n) is 15.2. The van der Waals surface area contributed by atoms with Gasteiger partial charge in [0.2, 0.25) is 0 Å². The second kappa shape index (κ2) is 15.7. The molecule has 2 aliphatic rings. The molecule has 2 nitrogen and oxygen atoms in total. The van der Waals surface area contributed by atoms with E-state index >= 15 is 0 Å². The first kappa shape index (κ1) is 29.1. The maximum atomic E-state index is 14.9. The SMILES string of the molecule is CCCCCC1CCC(CCc2ccc(C(=O)OC(CC)CCCC3CCCCC3)c(F)c2F)CC1. The van der Waals surface area contributed by atoms with Gasteiger partial charge in [-0.25, -0.2) is 13.6 Å². The molecule has 1 atom stereocenters. The minimum Gasteiger partial charge on any atom is -0.459 e. The quantitative estimate of drug-likeness (QED) is 0.186. The van der Waals surface area contributed by atoms with Gasteiger partial charge in [-0.2, -0.15) is 0 Å². The second-order valence-electron chi connectivity index (χ2n) is 11.7. The molecule has 3 rings (SSSR count). The van der Waals surface area contributed by atoms with E-state index in [1.54, 1.807) is 6.07 Å². The third-order valence-corrected chi connectivity index (χ3v) is 8.98. The lowest BCUT2D eigenvalue weighted by molar-refractivity contribution is 0.0257. The molecule has 2 fully saturated rings. The Bertz CT molecular complexity index is 779. The predicted molar refractivity (Wildman–Crippen MR) is 144 cm³/mol. The molecule has 0 N–H and O–H groups in total. The molecule has 2 aliphatic carbocycles. The summed E-state index contributed by atoms with van der Waals surface area (Å²) in [6.45, 7) is 4.23. The fourth-order valence-corrected chi connectivity index (χ4v) is 6.46. The van der Waals surface area contributed by atoms with Crippen LogP contribution < -0.4 is 0 Å². The highest BCUT2D eigenvalue weighted by Gasteiger charge is 2.24. The van der Waals surface area contributed by atoms with E-state index in [9.17, 15) is 13.6 Å². The zero-order valence-electron chi connectivity index (χ0n) is 23.0. The molecule has 0 radical (unpaired) electrons. The molecule has 1 aromatic carbocycles. The maximum Gasteiger partial charge on any atom is 0.341 e. The molecule has 2 saturated carbocycles. The second-order valence-corrected chi connectivity index (χ2v) is 11.7. The normalized spacial score (nSPS) is 21.9. The molecule has 4 heteroatoms. The van der Waals surface area contributed by atoms with Crippen LogP contribution in [0.2, 0.25) is 0 Å². The monoisotopic (exact) mass is 504 g/mol. The van der Waals surface area contributed by atoms with Gasteiger partial charge in [-0.15, -0.1) is 0 Å². The number of esters is 1. The molecule has 1 unspecified atom stereocenters. The standard InChI is InChI=1S/C32H50F2O2/c1-3-5-7-11-25-16-18-26(19-17-25)20-21-27-22-23-29(31(34)30(27)33)32(35)36-28(4-2)15-10-14-24-12-8-6-9-13-24/h22-26,28H,3-21H2,1-2H3. The number of hydrogen-bond acceptors (Lipinski definition) is 2. The van der Waals surface area contributed by atoms with Crippen LogP contribution in [0.1, 0.15) is 145 Å². The van der Waals surface area contributed by atoms with Crippen LogP contribution in [0.4, 0.5) is 8.78 Å². The lowest BCUT2D eigenvalue weighted by atomic mass is 9.77. The van der Waals surface area contributed by atoms with Gasteiger partial charge in [-0.1, -0.05) is 110 Å². The Morgan fingerprint density at radius 2 is 1.47 bits per heavy atom. The van der Waals surface area contributed by atoms with Gasteiger partial charge in [0.05, 0.1) is 5.56 Å². The van der Waals surface area contributed by atoms with Crippen molar-refractivity contribution in [1.29, 1.82) is 0 Å². The summed E-state index contributed by atoms with van der Waals surface area (Å²) in [7, 11) is 0. The third-order valence-electron chi connectivity index (χ3n) is 8.98. The Hall–Kier alpha value is -1.45. The fraction of sp³-hybridized carbons (Fsp3) is 0.781. The van der Waals surface area contributed by atoms with Crippen molar-refractivity contribution in [1.82, 2.24) is 0 Å². The summed E-state index contributed by atoms with van der Waals surface area (Å²) in [6, 6.07) is 3.02. The summed E-state index contributed by atoms with van der Waals surface area (Å²) in [6.07, 6.45) is 21.7. The van der Waals surface area contributed by atoms with Crippen molar-refractivity contribution in [3.8, 4) is 0 Å². The van der Waals surface area contributed by atoms with Crippen LogP contribution in [0.5, 0.6) is 0 Å². The Morgan fingerprint density at radius 3 is 2.14 bits per heavy atom. The van der Waals surface area contributed by atoms with Gasteiger partial charge >= 0.3 is 5.97 Å². The van der Waals surface area contributed by atoms with Crippen LogP contribution in [0, 0.1) is 29.4 Å². The van der Waals surface area contributed by atoms with E-state index in [1.807, 2.05) is 6.92 Å². The van der Waals surface area contributed by atoms with Gasteiger partial charge in [0.1, 0.15) is 6.10 Å². The van der Waals surface area contributed by atoms with Gasteiger partial charge in [0, 0.05) is 0 Å². The largest absolute Gasteiger partial charge is 0.459 e. The van der Waals surface area contributed by atoms with Crippen LogP contribution in [-0.4, -0.2) is 12.1 Å². The molecule has 0 bridgehead atoms. The molecule has 0 spiro atoms. The predicted octanol–water partition coefficient (Wildman–Crippen LogP) is 9.97. The molecule has 0 saturated heterocycles. The van der Waals surface area contributed by atoms with Crippen LogP contribution in [0.25, 0.3) is 0 Å². The smallest absolute Gasteiger partial charge is 0.341 e.